The molecule has 0 unspecified atom stereocenters. The highest BCUT2D eigenvalue weighted by molar-refractivity contribution is 7.89. The molecule has 0 atom stereocenters. The summed E-state index contributed by atoms with van der Waals surface area (Å²) in [7, 11) is -3.68. The van der Waals surface area contributed by atoms with Crippen molar-refractivity contribution in [2.45, 2.75) is 44.4 Å². The maximum Gasteiger partial charge on any atom is 0.240 e. The molecule has 0 radical (unpaired) electrons. The minimum absolute atomic E-state index is 0.0961. The van der Waals surface area contributed by atoms with Crippen molar-refractivity contribution in [3.8, 4) is 5.88 Å². The van der Waals surface area contributed by atoms with Gasteiger partial charge in [-0.3, -0.25) is 4.79 Å². The second kappa shape index (κ2) is 10.5. The van der Waals surface area contributed by atoms with Crippen LogP contribution in [0.4, 0.5) is 11.5 Å². The summed E-state index contributed by atoms with van der Waals surface area (Å²) >= 11 is 0. The van der Waals surface area contributed by atoms with E-state index < -0.39 is 10.0 Å². The van der Waals surface area contributed by atoms with Crippen LogP contribution in [0.5, 0.6) is 5.88 Å². The van der Waals surface area contributed by atoms with E-state index in [0.717, 1.165) is 38.2 Å². The van der Waals surface area contributed by atoms with Crippen LogP contribution in [0.3, 0.4) is 0 Å². The summed E-state index contributed by atoms with van der Waals surface area (Å²) in [5.74, 6) is 1.79. The fraction of sp³-hybridized carbons (Fsp3) is 0.476. The van der Waals surface area contributed by atoms with E-state index in [0.29, 0.717) is 23.8 Å². The van der Waals surface area contributed by atoms with Gasteiger partial charge in [0.2, 0.25) is 21.8 Å². The van der Waals surface area contributed by atoms with Crippen LogP contribution in [-0.2, 0) is 14.8 Å². The summed E-state index contributed by atoms with van der Waals surface area (Å²) in [6.07, 6.45) is 3.46. The van der Waals surface area contributed by atoms with Crippen molar-refractivity contribution in [1.82, 2.24) is 14.7 Å². The van der Waals surface area contributed by atoms with E-state index in [1.165, 1.54) is 12.1 Å². The minimum atomic E-state index is -3.68. The van der Waals surface area contributed by atoms with Crippen molar-refractivity contribution < 1.29 is 17.9 Å². The second-order valence-corrected chi connectivity index (χ2v) is 9.14. The lowest BCUT2D eigenvalue weighted by molar-refractivity contribution is -0.116. The van der Waals surface area contributed by atoms with Crippen LogP contribution in [-0.4, -0.2) is 50.5 Å². The van der Waals surface area contributed by atoms with E-state index in [2.05, 4.69) is 24.9 Å². The first-order valence-corrected chi connectivity index (χ1v) is 12.0. The molecule has 2 N–H and O–H groups in total. The number of hydrogen-bond acceptors (Lipinski definition) is 7. The standard InChI is InChI=1S/C21H29N5O4S/c1-3-6-20(27)25-17-7-9-18(10-8-17)31(28,29)22-11-14-30-21-15-19(23-16(2)24-21)26-12-4-5-13-26/h7-10,15,22H,3-6,11-14H2,1-2H3,(H,25,27). The van der Waals surface area contributed by atoms with Gasteiger partial charge in [0.15, 0.2) is 0 Å². The summed E-state index contributed by atoms with van der Waals surface area (Å²) in [5, 5.41) is 2.73. The molecule has 9 nitrogen and oxygen atoms in total. The minimum Gasteiger partial charge on any atom is -0.476 e. The van der Waals surface area contributed by atoms with Gasteiger partial charge in [-0.15, -0.1) is 0 Å². The monoisotopic (exact) mass is 447 g/mol. The number of anilines is 2. The average Bonchev–Trinajstić information content (AvgIpc) is 3.26. The molecule has 1 aliphatic heterocycles. The Bertz CT molecular complexity index is 989. The fourth-order valence-electron chi connectivity index (χ4n) is 3.29. The lowest BCUT2D eigenvalue weighted by Gasteiger charge is -2.17. The number of amides is 1. The molecule has 2 aromatic rings. The molecular weight excluding hydrogens is 418 g/mol. The summed E-state index contributed by atoms with van der Waals surface area (Å²) in [6.45, 7) is 5.90. The predicted octanol–water partition coefficient (Wildman–Crippen LogP) is 2.48. The maximum atomic E-state index is 12.5. The Hall–Kier alpha value is -2.72. The zero-order chi connectivity index (χ0) is 22.3. The number of benzene rings is 1. The summed E-state index contributed by atoms with van der Waals surface area (Å²) in [6, 6.07) is 7.85. The van der Waals surface area contributed by atoms with E-state index >= 15 is 0 Å². The molecule has 1 fully saturated rings. The molecule has 0 aliphatic carbocycles. The first-order chi connectivity index (χ1) is 14.9. The molecule has 31 heavy (non-hydrogen) atoms. The Morgan fingerprint density at radius 2 is 1.87 bits per heavy atom. The topological polar surface area (TPSA) is 114 Å². The molecule has 1 amide bonds. The largest absolute Gasteiger partial charge is 0.476 e. The van der Waals surface area contributed by atoms with Gasteiger partial charge in [-0.1, -0.05) is 6.92 Å². The lowest BCUT2D eigenvalue weighted by atomic mass is 10.3. The van der Waals surface area contributed by atoms with Gasteiger partial charge in [0, 0.05) is 37.8 Å². The van der Waals surface area contributed by atoms with Crippen molar-refractivity contribution >= 4 is 27.4 Å². The van der Waals surface area contributed by atoms with Gasteiger partial charge < -0.3 is 15.0 Å². The van der Waals surface area contributed by atoms with Gasteiger partial charge in [-0.2, -0.15) is 4.98 Å². The molecule has 3 rings (SSSR count). The first-order valence-electron chi connectivity index (χ1n) is 10.5. The van der Waals surface area contributed by atoms with Gasteiger partial charge >= 0.3 is 0 Å². The van der Waals surface area contributed by atoms with Crippen LogP contribution in [0, 0.1) is 6.92 Å². The third-order valence-corrected chi connectivity index (χ3v) is 6.28. The zero-order valence-corrected chi connectivity index (χ0v) is 18.7. The van der Waals surface area contributed by atoms with Crippen molar-refractivity contribution in [3.05, 3.63) is 36.2 Å². The fourth-order valence-corrected chi connectivity index (χ4v) is 4.30. The third kappa shape index (κ3) is 6.63. The number of aromatic nitrogens is 2. The Labute approximate surface area is 183 Å². The Morgan fingerprint density at radius 3 is 2.55 bits per heavy atom. The highest BCUT2D eigenvalue weighted by Crippen LogP contribution is 2.21. The van der Waals surface area contributed by atoms with Crippen molar-refractivity contribution in [1.29, 1.82) is 0 Å². The number of rotatable bonds is 10. The number of nitrogens with one attached hydrogen (secondary N) is 2. The van der Waals surface area contributed by atoms with E-state index in [4.69, 9.17) is 4.74 Å². The van der Waals surface area contributed by atoms with Crippen LogP contribution in [0.2, 0.25) is 0 Å². The quantitative estimate of drug-likeness (QED) is 0.538. The Kier molecular flexibility index (Phi) is 7.80. The summed E-state index contributed by atoms with van der Waals surface area (Å²) in [5.41, 5.74) is 0.564. The average molecular weight is 448 g/mol. The molecule has 0 saturated carbocycles. The van der Waals surface area contributed by atoms with Crippen molar-refractivity contribution in [2.24, 2.45) is 0 Å². The van der Waals surface area contributed by atoms with E-state index in [1.807, 2.05) is 13.8 Å². The Morgan fingerprint density at radius 1 is 1.16 bits per heavy atom. The van der Waals surface area contributed by atoms with Gasteiger partial charge in [0.05, 0.1) is 4.90 Å². The molecule has 1 aromatic carbocycles. The number of sulfonamides is 1. The molecule has 2 heterocycles. The van der Waals surface area contributed by atoms with Crippen molar-refractivity contribution in [3.63, 3.8) is 0 Å². The summed E-state index contributed by atoms with van der Waals surface area (Å²) < 4.78 is 33.1. The van der Waals surface area contributed by atoms with Crippen LogP contribution in [0.15, 0.2) is 35.2 Å². The van der Waals surface area contributed by atoms with E-state index in [1.54, 1.807) is 18.2 Å². The number of ether oxygens (including phenoxy) is 1. The number of carbonyl (C=O) groups is 1. The highest BCUT2D eigenvalue weighted by atomic mass is 32.2. The molecule has 1 aliphatic rings. The first kappa shape index (κ1) is 23.0. The van der Waals surface area contributed by atoms with E-state index in [9.17, 15) is 13.2 Å². The molecule has 0 bridgehead atoms. The lowest BCUT2D eigenvalue weighted by Crippen LogP contribution is -2.28. The van der Waals surface area contributed by atoms with Crippen molar-refractivity contribution in [2.75, 3.05) is 36.5 Å². The van der Waals surface area contributed by atoms with Gasteiger partial charge in [0.1, 0.15) is 18.2 Å². The predicted molar refractivity (Wildman–Crippen MR) is 119 cm³/mol. The second-order valence-electron chi connectivity index (χ2n) is 7.37. The third-order valence-electron chi connectivity index (χ3n) is 4.80. The van der Waals surface area contributed by atoms with Crippen LogP contribution < -0.4 is 19.7 Å². The van der Waals surface area contributed by atoms with Gasteiger partial charge in [-0.05, 0) is 50.5 Å². The molecule has 0 spiro atoms. The van der Waals surface area contributed by atoms with Crippen LogP contribution >= 0.6 is 0 Å². The summed E-state index contributed by atoms with van der Waals surface area (Å²) in [4.78, 5) is 22.7. The molecule has 1 aromatic heterocycles. The SMILES string of the molecule is CCCC(=O)Nc1ccc(S(=O)(=O)NCCOc2cc(N3CCCC3)nc(C)n2)cc1. The Balaban J connectivity index is 1.51. The van der Waals surface area contributed by atoms with Crippen LogP contribution in [0.1, 0.15) is 38.4 Å². The number of carbonyl (C=O) groups excluding carboxylic acids is 1. The van der Waals surface area contributed by atoms with E-state index in [-0.39, 0.29) is 24.0 Å². The molecule has 10 heteroatoms. The highest BCUT2D eigenvalue weighted by Gasteiger charge is 2.16. The molecule has 1 saturated heterocycles. The molecular formula is C21H29N5O4S. The van der Waals surface area contributed by atoms with Crippen LogP contribution in [0.25, 0.3) is 0 Å². The molecule has 168 valence electrons. The smallest absolute Gasteiger partial charge is 0.240 e. The number of aryl methyl sites for hydroxylation is 1. The zero-order valence-electron chi connectivity index (χ0n) is 17.9. The number of hydrogen-bond donors (Lipinski definition) is 2. The normalized spacial score (nSPS) is 13.9. The van der Waals surface area contributed by atoms with Gasteiger partial charge in [-0.25, -0.2) is 18.1 Å². The maximum absolute atomic E-state index is 12.5. The van der Waals surface area contributed by atoms with Gasteiger partial charge in [0.25, 0.3) is 0 Å². The number of nitrogens with zero attached hydrogens (tertiary/aromatic N) is 3.